The van der Waals surface area contributed by atoms with Crippen LogP contribution in [0.4, 0.5) is 20.6 Å². The van der Waals surface area contributed by atoms with E-state index in [0.717, 1.165) is 0 Å². The van der Waals surface area contributed by atoms with E-state index in [1.165, 1.54) is 29.2 Å². The van der Waals surface area contributed by atoms with Crippen molar-refractivity contribution in [1.82, 2.24) is 5.32 Å². The minimum Gasteiger partial charge on any atom is -0.463 e. The number of hydrogen-bond acceptors (Lipinski definition) is 4. The molecule has 1 atom stereocenters. The van der Waals surface area contributed by atoms with Crippen LogP contribution in [0, 0.1) is 5.82 Å². The summed E-state index contributed by atoms with van der Waals surface area (Å²) in [5.41, 5.74) is 8.15. The molecular weight excluding hydrogens is 349 g/mol. The number of nitrogens with two attached hydrogens (primary N) is 1. The highest BCUT2D eigenvalue weighted by Crippen LogP contribution is 2.34. The summed E-state index contributed by atoms with van der Waals surface area (Å²) in [5.74, 6) is -0.945. The van der Waals surface area contributed by atoms with Crippen molar-refractivity contribution in [2.45, 2.75) is 19.9 Å². The summed E-state index contributed by atoms with van der Waals surface area (Å²) < 4.78 is 18.5. The maximum Gasteiger partial charge on any atom is 0.338 e. The first kappa shape index (κ1) is 18.4. The van der Waals surface area contributed by atoms with Crippen LogP contribution in [0.15, 0.2) is 59.8 Å². The van der Waals surface area contributed by atoms with Gasteiger partial charge in [-0.15, -0.1) is 0 Å². The first-order valence-corrected chi connectivity index (χ1v) is 8.52. The Kier molecular flexibility index (Phi) is 5.12. The zero-order valence-electron chi connectivity index (χ0n) is 15.0. The van der Waals surface area contributed by atoms with E-state index in [1.807, 2.05) is 0 Å². The van der Waals surface area contributed by atoms with Crippen LogP contribution in [0.5, 0.6) is 0 Å². The summed E-state index contributed by atoms with van der Waals surface area (Å²) >= 11 is 0. The van der Waals surface area contributed by atoms with Crippen molar-refractivity contribution in [3.8, 4) is 0 Å². The van der Waals surface area contributed by atoms with Gasteiger partial charge in [-0.1, -0.05) is 18.2 Å². The molecule has 7 heteroatoms. The quantitative estimate of drug-likeness (QED) is 0.638. The van der Waals surface area contributed by atoms with Gasteiger partial charge >= 0.3 is 12.0 Å². The number of benzene rings is 2. The monoisotopic (exact) mass is 369 g/mol. The largest absolute Gasteiger partial charge is 0.463 e. The molecule has 140 valence electrons. The van der Waals surface area contributed by atoms with E-state index < -0.39 is 23.9 Å². The molecule has 2 aromatic carbocycles. The van der Waals surface area contributed by atoms with Gasteiger partial charge in [-0.25, -0.2) is 14.0 Å². The number of hydrogen-bond donors (Lipinski definition) is 2. The topological polar surface area (TPSA) is 84.7 Å². The van der Waals surface area contributed by atoms with Crippen molar-refractivity contribution < 1.29 is 18.7 Å². The molecule has 6 nitrogen and oxygen atoms in total. The Morgan fingerprint density at radius 1 is 1.26 bits per heavy atom. The van der Waals surface area contributed by atoms with Crippen molar-refractivity contribution in [3.63, 3.8) is 0 Å². The third kappa shape index (κ3) is 3.62. The molecule has 0 spiro atoms. The van der Waals surface area contributed by atoms with Crippen LogP contribution in [0.3, 0.4) is 0 Å². The van der Waals surface area contributed by atoms with Crippen LogP contribution < -0.4 is 16.0 Å². The average Bonchev–Trinajstić information content (AvgIpc) is 2.62. The van der Waals surface area contributed by atoms with Crippen molar-refractivity contribution in [2.75, 3.05) is 17.2 Å². The molecular formula is C20H20FN3O3. The lowest BCUT2D eigenvalue weighted by Gasteiger charge is -2.35. The van der Waals surface area contributed by atoms with Gasteiger partial charge in [0.15, 0.2) is 0 Å². The van der Waals surface area contributed by atoms with Gasteiger partial charge < -0.3 is 15.8 Å². The summed E-state index contributed by atoms with van der Waals surface area (Å²) in [4.78, 5) is 26.8. The average molecular weight is 369 g/mol. The molecule has 1 aliphatic heterocycles. The van der Waals surface area contributed by atoms with Crippen LogP contribution in [-0.4, -0.2) is 18.6 Å². The van der Waals surface area contributed by atoms with Crippen LogP contribution >= 0.6 is 0 Å². The number of anilines is 2. The fraction of sp³-hybridized carbons (Fsp3) is 0.200. The van der Waals surface area contributed by atoms with E-state index in [0.29, 0.717) is 22.6 Å². The fourth-order valence-corrected chi connectivity index (χ4v) is 3.10. The van der Waals surface area contributed by atoms with Crippen molar-refractivity contribution in [1.29, 1.82) is 0 Å². The summed E-state index contributed by atoms with van der Waals surface area (Å²) in [6.07, 6.45) is 0. The second kappa shape index (κ2) is 7.49. The number of ether oxygens (including phenoxy) is 1. The molecule has 1 unspecified atom stereocenters. The van der Waals surface area contributed by atoms with Gasteiger partial charge in [0.25, 0.3) is 0 Å². The molecule has 0 bridgehead atoms. The van der Waals surface area contributed by atoms with E-state index in [-0.39, 0.29) is 12.2 Å². The molecule has 0 aromatic heterocycles. The van der Waals surface area contributed by atoms with Crippen LogP contribution in [0.2, 0.25) is 0 Å². The second-order valence-electron chi connectivity index (χ2n) is 6.08. The third-order valence-corrected chi connectivity index (χ3v) is 4.31. The Bertz CT molecular complexity index is 909. The molecule has 3 rings (SSSR count). The van der Waals surface area contributed by atoms with Gasteiger partial charge in [0, 0.05) is 11.4 Å². The number of urea groups is 1. The van der Waals surface area contributed by atoms with E-state index in [9.17, 15) is 14.0 Å². The van der Waals surface area contributed by atoms with Gasteiger partial charge in [0.1, 0.15) is 5.82 Å². The molecule has 2 aromatic rings. The normalized spacial score (nSPS) is 16.9. The van der Waals surface area contributed by atoms with E-state index in [2.05, 4.69) is 5.32 Å². The summed E-state index contributed by atoms with van der Waals surface area (Å²) in [5, 5.41) is 2.81. The van der Waals surface area contributed by atoms with E-state index >= 15 is 0 Å². The molecule has 2 amide bonds. The molecule has 0 radical (unpaired) electrons. The molecule has 0 saturated carbocycles. The summed E-state index contributed by atoms with van der Waals surface area (Å²) in [6, 6.07) is 11.3. The smallest absolute Gasteiger partial charge is 0.338 e. The molecule has 0 aliphatic carbocycles. The first-order valence-electron chi connectivity index (χ1n) is 8.52. The number of halogens is 1. The van der Waals surface area contributed by atoms with Gasteiger partial charge in [-0.05, 0) is 49.7 Å². The van der Waals surface area contributed by atoms with E-state index in [1.54, 1.807) is 38.1 Å². The highest BCUT2D eigenvalue weighted by atomic mass is 19.1. The Morgan fingerprint density at radius 2 is 1.96 bits per heavy atom. The molecule has 1 aliphatic rings. The fourth-order valence-electron chi connectivity index (χ4n) is 3.10. The predicted octanol–water partition coefficient (Wildman–Crippen LogP) is 3.52. The molecule has 0 fully saturated rings. The number of nitrogen functional groups attached to an aromatic ring is 1. The zero-order chi connectivity index (χ0) is 19.6. The number of allylic oxidation sites excluding steroid dienone is 1. The van der Waals surface area contributed by atoms with Gasteiger partial charge in [-0.3, -0.25) is 4.90 Å². The number of nitrogens with zero attached hydrogens (tertiary/aromatic N) is 1. The number of nitrogens with one attached hydrogen (secondary N) is 1. The highest BCUT2D eigenvalue weighted by molar-refractivity contribution is 6.03. The summed E-state index contributed by atoms with van der Waals surface area (Å²) in [7, 11) is 0. The number of amides is 2. The number of rotatable bonds is 4. The maximum atomic E-state index is 13.3. The van der Waals surface area contributed by atoms with Gasteiger partial charge in [0.2, 0.25) is 0 Å². The molecule has 1 heterocycles. The SMILES string of the molecule is CCOC(=O)C1=C(C)N(c2cccc(N)c2)C(=O)NC1c1ccc(F)cc1. The molecule has 0 saturated heterocycles. The van der Waals surface area contributed by atoms with Crippen molar-refractivity contribution in [2.24, 2.45) is 0 Å². The lowest BCUT2D eigenvalue weighted by Crippen LogP contribution is -2.48. The standard InChI is InChI=1S/C20H20FN3O3/c1-3-27-19(25)17-12(2)24(16-6-4-5-15(22)11-16)20(26)23-18(17)13-7-9-14(21)10-8-13/h4-11,18H,3,22H2,1-2H3,(H,23,26). The Labute approximate surface area is 156 Å². The minimum atomic E-state index is -0.741. The Balaban J connectivity index is 2.13. The van der Waals surface area contributed by atoms with Crippen LogP contribution in [0.1, 0.15) is 25.5 Å². The predicted molar refractivity (Wildman–Crippen MR) is 100 cm³/mol. The highest BCUT2D eigenvalue weighted by Gasteiger charge is 2.37. The molecule has 27 heavy (non-hydrogen) atoms. The Hall–Kier alpha value is -3.35. The van der Waals surface area contributed by atoms with Gasteiger partial charge in [0.05, 0.1) is 23.9 Å². The number of esters is 1. The third-order valence-electron chi connectivity index (χ3n) is 4.31. The summed E-state index contributed by atoms with van der Waals surface area (Å²) in [6.45, 7) is 3.57. The first-order chi connectivity index (χ1) is 12.9. The minimum absolute atomic E-state index is 0.192. The lowest BCUT2D eigenvalue weighted by molar-refractivity contribution is -0.139. The zero-order valence-corrected chi connectivity index (χ0v) is 15.0. The van der Waals surface area contributed by atoms with Gasteiger partial charge in [-0.2, -0.15) is 0 Å². The van der Waals surface area contributed by atoms with Crippen LogP contribution in [-0.2, 0) is 9.53 Å². The van der Waals surface area contributed by atoms with Crippen LogP contribution in [0.25, 0.3) is 0 Å². The second-order valence-corrected chi connectivity index (χ2v) is 6.08. The van der Waals surface area contributed by atoms with Crippen molar-refractivity contribution in [3.05, 3.63) is 71.2 Å². The van der Waals surface area contributed by atoms with Crippen molar-refractivity contribution >= 4 is 23.4 Å². The maximum absolute atomic E-state index is 13.3. The van der Waals surface area contributed by atoms with E-state index in [4.69, 9.17) is 10.5 Å². The Morgan fingerprint density at radius 3 is 2.59 bits per heavy atom. The molecule has 3 N–H and O–H groups in total. The number of carbonyl (C=O) groups excluding carboxylic acids is 2. The lowest BCUT2D eigenvalue weighted by atomic mass is 9.94. The number of carbonyl (C=O) groups is 2.